The van der Waals surface area contributed by atoms with E-state index in [1.807, 2.05) is 5.32 Å². The molecule has 1 rings (SSSR count). The molecule has 0 bridgehead atoms. The number of alkyl halides is 3. The summed E-state index contributed by atoms with van der Waals surface area (Å²) >= 11 is 1.75. The second-order valence-corrected chi connectivity index (χ2v) is 4.16. The van der Waals surface area contributed by atoms with Gasteiger partial charge in [-0.1, -0.05) is 0 Å². The van der Waals surface area contributed by atoms with Crippen molar-refractivity contribution in [1.29, 1.82) is 0 Å². The number of aliphatic hydroxyl groups is 1. The van der Waals surface area contributed by atoms with Crippen molar-refractivity contribution in [2.45, 2.75) is 12.2 Å². The molecule has 0 aromatic carbocycles. The minimum Gasteiger partial charge on any atom is -0.394 e. The van der Waals surface area contributed by atoms with Crippen LogP contribution in [-0.4, -0.2) is 28.9 Å². The third-order valence-electron chi connectivity index (χ3n) is 1.66. The molecule has 90 valence electrons. The maximum Gasteiger partial charge on any atom is 0.410 e. The number of halogens is 5. The second kappa shape index (κ2) is 5.13. The van der Waals surface area contributed by atoms with Crippen molar-refractivity contribution in [3.8, 4) is 0 Å². The van der Waals surface area contributed by atoms with Crippen molar-refractivity contribution in [1.82, 2.24) is 4.98 Å². The van der Waals surface area contributed by atoms with Crippen LogP contribution in [0.4, 0.5) is 23.4 Å². The summed E-state index contributed by atoms with van der Waals surface area (Å²) in [4.78, 5) is 3.24. The van der Waals surface area contributed by atoms with Crippen LogP contribution >= 0.6 is 22.6 Å². The third-order valence-corrected chi connectivity index (χ3v) is 2.28. The Hall–Kier alpha value is -0.640. The highest BCUT2D eigenvalue weighted by molar-refractivity contribution is 14.1. The Labute approximate surface area is 102 Å². The van der Waals surface area contributed by atoms with Crippen molar-refractivity contribution >= 4 is 28.4 Å². The van der Waals surface area contributed by atoms with E-state index in [9.17, 15) is 17.6 Å². The van der Waals surface area contributed by atoms with Gasteiger partial charge in [0.1, 0.15) is 11.9 Å². The van der Waals surface area contributed by atoms with E-state index in [0.29, 0.717) is 3.57 Å². The van der Waals surface area contributed by atoms with Gasteiger partial charge in [-0.15, -0.1) is 0 Å². The summed E-state index contributed by atoms with van der Waals surface area (Å²) in [7, 11) is 0. The zero-order chi connectivity index (χ0) is 12.3. The van der Waals surface area contributed by atoms with Gasteiger partial charge in [-0.05, 0) is 28.7 Å². The molecular weight excluding hydrogens is 343 g/mol. The lowest BCUT2D eigenvalue weighted by Gasteiger charge is -2.19. The second-order valence-electron chi connectivity index (χ2n) is 2.91. The normalized spacial score (nSPS) is 13.6. The molecule has 1 unspecified atom stereocenters. The molecule has 1 atom stereocenters. The number of rotatable bonds is 3. The Kier molecular flexibility index (Phi) is 4.30. The fourth-order valence-electron chi connectivity index (χ4n) is 0.949. The lowest BCUT2D eigenvalue weighted by molar-refractivity contribution is -0.149. The van der Waals surface area contributed by atoms with Gasteiger partial charge in [0.05, 0.1) is 6.61 Å². The Morgan fingerprint density at radius 1 is 1.44 bits per heavy atom. The zero-order valence-corrected chi connectivity index (χ0v) is 9.88. The van der Waals surface area contributed by atoms with Crippen LogP contribution in [0.1, 0.15) is 0 Å². The Morgan fingerprint density at radius 2 is 2.06 bits per heavy atom. The van der Waals surface area contributed by atoms with E-state index in [1.54, 1.807) is 22.6 Å². The van der Waals surface area contributed by atoms with Crippen LogP contribution in [0.15, 0.2) is 12.1 Å². The van der Waals surface area contributed by atoms with Gasteiger partial charge in [0, 0.05) is 9.64 Å². The fourth-order valence-corrected chi connectivity index (χ4v) is 1.50. The molecule has 1 heterocycles. The molecule has 0 fully saturated rings. The lowest BCUT2D eigenvalue weighted by Crippen LogP contribution is -2.39. The number of anilines is 1. The molecule has 0 radical (unpaired) electrons. The van der Waals surface area contributed by atoms with Gasteiger partial charge in [-0.25, -0.2) is 4.98 Å². The average Bonchev–Trinajstić information content (AvgIpc) is 2.10. The summed E-state index contributed by atoms with van der Waals surface area (Å²) in [6.45, 7) is -1.14. The summed E-state index contributed by atoms with van der Waals surface area (Å²) in [5.74, 6) is -1.14. The first-order chi connectivity index (χ1) is 7.32. The number of aromatic nitrogens is 1. The van der Waals surface area contributed by atoms with Gasteiger partial charge in [-0.3, -0.25) is 0 Å². The van der Waals surface area contributed by atoms with Crippen molar-refractivity contribution < 1.29 is 22.7 Å². The molecule has 0 aliphatic rings. The molecule has 0 saturated heterocycles. The number of nitrogens with zero attached hydrogens (tertiary/aromatic N) is 1. The van der Waals surface area contributed by atoms with Gasteiger partial charge >= 0.3 is 6.18 Å². The van der Waals surface area contributed by atoms with Gasteiger partial charge < -0.3 is 10.4 Å². The quantitative estimate of drug-likeness (QED) is 0.499. The number of aliphatic hydroxyl groups excluding tert-OH is 1. The van der Waals surface area contributed by atoms with Crippen LogP contribution in [-0.2, 0) is 0 Å². The highest BCUT2D eigenvalue weighted by Gasteiger charge is 2.39. The maximum absolute atomic E-state index is 12.8. The molecule has 0 saturated carbocycles. The third kappa shape index (κ3) is 3.74. The summed E-state index contributed by atoms with van der Waals surface area (Å²) in [6.07, 6.45) is -4.62. The number of hydrogen-bond acceptors (Lipinski definition) is 3. The van der Waals surface area contributed by atoms with E-state index in [-0.39, 0.29) is 5.82 Å². The predicted octanol–water partition coefficient (Wildman–Crippen LogP) is 2.16. The monoisotopic (exact) mass is 350 g/mol. The van der Waals surface area contributed by atoms with Gasteiger partial charge in [0.25, 0.3) is 0 Å². The van der Waals surface area contributed by atoms with Gasteiger partial charge in [0.2, 0.25) is 5.95 Å². The van der Waals surface area contributed by atoms with Crippen LogP contribution in [0.3, 0.4) is 0 Å². The molecule has 0 aliphatic heterocycles. The van der Waals surface area contributed by atoms with Gasteiger partial charge in [-0.2, -0.15) is 17.6 Å². The van der Waals surface area contributed by atoms with Crippen molar-refractivity contribution in [2.24, 2.45) is 0 Å². The molecule has 1 aromatic rings. The Bertz CT molecular complexity index is 351. The van der Waals surface area contributed by atoms with E-state index in [0.717, 1.165) is 6.07 Å². The predicted molar refractivity (Wildman–Crippen MR) is 57.5 cm³/mol. The molecular formula is C8H7F4IN2O. The topological polar surface area (TPSA) is 45.1 Å². The summed E-state index contributed by atoms with van der Waals surface area (Å²) < 4.78 is 50.0. The first-order valence-corrected chi connectivity index (χ1v) is 5.18. The lowest BCUT2D eigenvalue weighted by atomic mass is 10.3. The van der Waals surface area contributed by atoms with Crippen LogP contribution < -0.4 is 5.32 Å². The minimum absolute atomic E-state index is 0.263. The summed E-state index contributed by atoms with van der Waals surface area (Å²) in [6, 6.07) is 0.170. The largest absolute Gasteiger partial charge is 0.410 e. The number of hydrogen-bond donors (Lipinski definition) is 2. The van der Waals surface area contributed by atoms with Crippen molar-refractivity contribution in [3.63, 3.8) is 0 Å². The molecule has 0 spiro atoms. The van der Waals surface area contributed by atoms with E-state index >= 15 is 0 Å². The zero-order valence-electron chi connectivity index (χ0n) is 7.72. The Morgan fingerprint density at radius 3 is 2.50 bits per heavy atom. The fraction of sp³-hybridized carbons (Fsp3) is 0.375. The Balaban J connectivity index is 2.86. The molecule has 16 heavy (non-hydrogen) atoms. The average molecular weight is 350 g/mol. The minimum atomic E-state index is -4.62. The van der Waals surface area contributed by atoms with Crippen LogP contribution in [0.25, 0.3) is 0 Å². The smallest absolute Gasteiger partial charge is 0.394 e. The van der Waals surface area contributed by atoms with E-state index in [4.69, 9.17) is 5.11 Å². The van der Waals surface area contributed by atoms with E-state index < -0.39 is 24.8 Å². The molecule has 0 amide bonds. The maximum atomic E-state index is 12.8. The van der Waals surface area contributed by atoms with Crippen LogP contribution in [0.2, 0.25) is 0 Å². The number of pyridine rings is 1. The van der Waals surface area contributed by atoms with Crippen molar-refractivity contribution in [3.05, 3.63) is 21.7 Å². The molecule has 0 aliphatic carbocycles. The van der Waals surface area contributed by atoms with Crippen LogP contribution in [0, 0.1) is 9.52 Å². The highest BCUT2D eigenvalue weighted by atomic mass is 127. The molecule has 1 aromatic heterocycles. The van der Waals surface area contributed by atoms with Gasteiger partial charge in [0.15, 0.2) is 0 Å². The summed E-state index contributed by atoms with van der Waals surface area (Å²) in [5.41, 5.74) is 0. The first kappa shape index (κ1) is 13.4. The first-order valence-electron chi connectivity index (χ1n) is 4.10. The SMILES string of the molecule is OCC(Nc1cc(I)cc(F)n1)C(F)(F)F. The van der Waals surface area contributed by atoms with E-state index in [2.05, 4.69) is 4.98 Å². The molecule has 3 nitrogen and oxygen atoms in total. The summed E-state index contributed by atoms with van der Waals surface area (Å²) in [5, 5.41) is 10.5. The van der Waals surface area contributed by atoms with Crippen molar-refractivity contribution in [2.75, 3.05) is 11.9 Å². The van der Waals surface area contributed by atoms with Crippen LogP contribution in [0.5, 0.6) is 0 Å². The number of nitrogens with one attached hydrogen (secondary N) is 1. The van der Waals surface area contributed by atoms with E-state index in [1.165, 1.54) is 6.07 Å². The highest BCUT2D eigenvalue weighted by Crippen LogP contribution is 2.23. The molecule has 2 N–H and O–H groups in total. The molecule has 8 heteroatoms. The standard InChI is InChI=1S/C8H7F4IN2O/c9-6-1-4(13)2-7(15-6)14-5(3-16)8(10,11)12/h1-2,5,16H,3H2,(H,14,15).